The van der Waals surface area contributed by atoms with E-state index >= 15 is 0 Å². The molecule has 0 bridgehead atoms. The largest absolute Gasteiger partial charge is 0.274 e. The van der Waals surface area contributed by atoms with Gasteiger partial charge in [-0.1, -0.05) is 12.1 Å². The molecular weight excluding hydrogens is 275 g/mol. The highest BCUT2D eigenvalue weighted by Gasteiger charge is 2.20. The fraction of sp³-hybridized carbons (Fsp3) is 0.167. The summed E-state index contributed by atoms with van der Waals surface area (Å²) in [7, 11) is 0. The van der Waals surface area contributed by atoms with E-state index < -0.39 is 5.82 Å². The number of nitrogens with zero attached hydrogens (tertiary/aromatic N) is 2. The first-order valence-electron chi connectivity index (χ1n) is 5.19. The minimum absolute atomic E-state index is 0.195. The van der Waals surface area contributed by atoms with Crippen LogP contribution in [-0.2, 0) is 10.7 Å². The highest BCUT2D eigenvalue weighted by Crippen LogP contribution is 2.30. The fourth-order valence-corrected chi connectivity index (χ4v) is 2.61. The molecule has 0 saturated carbocycles. The molecule has 0 radical (unpaired) electrons. The average molecular weight is 285 g/mol. The van der Waals surface area contributed by atoms with Crippen LogP contribution in [-0.4, -0.2) is 10.9 Å². The van der Waals surface area contributed by atoms with E-state index in [0.29, 0.717) is 10.8 Å². The molecule has 18 heavy (non-hydrogen) atoms. The second kappa shape index (κ2) is 5.46. The third-order valence-corrected chi connectivity index (χ3v) is 3.42. The van der Waals surface area contributed by atoms with Gasteiger partial charge >= 0.3 is 0 Å². The molecule has 1 aromatic heterocycles. The van der Waals surface area contributed by atoms with E-state index in [1.807, 2.05) is 0 Å². The normalized spacial score (nSPS) is 10.4. The summed E-state index contributed by atoms with van der Waals surface area (Å²) in [6, 6.07) is 6.09. The van der Waals surface area contributed by atoms with Gasteiger partial charge in [-0.15, -0.1) is 22.9 Å². The molecule has 2 rings (SSSR count). The van der Waals surface area contributed by atoms with Gasteiger partial charge < -0.3 is 0 Å². The third kappa shape index (κ3) is 2.52. The standard InChI is InChI=1S/C12H10ClFN2OS/c1-8(17)16(11-5-3-2-4-10(11)14)12-15-9(6-13)7-18-12/h2-5,7H,6H2,1H3. The van der Waals surface area contributed by atoms with Gasteiger partial charge in [-0.3, -0.25) is 9.69 Å². The maximum atomic E-state index is 13.7. The van der Waals surface area contributed by atoms with E-state index in [9.17, 15) is 9.18 Å². The summed E-state index contributed by atoms with van der Waals surface area (Å²) in [4.78, 5) is 17.1. The number of para-hydroxylation sites is 1. The molecule has 0 N–H and O–H groups in total. The Balaban J connectivity index is 2.47. The molecule has 94 valence electrons. The number of alkyl halides is 1. The smallest absolute Gasteiger partial charge is 0.230 e. The van der Waals surface area contributed by atoms with E-state index in [4.69, 9.17) is 11.6 Å². The van der Waals surface area contributed by atoms with Crippen molar-refractivity contribution in [3.05, 3.63) is 41.2 Å². The lowest BCUT2D eigenvalue weighted by Gasteiger charge is -2.18. The number of halogens is 2. The predicted molar refractivity (Wildman–Crippen MR) is 70.9 cm³/mol. The van der Waals surface area contributed by atoms with Gasteiger partial charge in [-0.05, 0) is 12.1 Å². The molecule has 0 unspecified atom stereocenters. The summed E-state index contributed by atoms with van der Waals surface area (Å²) < 4.78 is 13.7. The minimum atomic E-state index is -0.463. The SMILES string of the molecule is CC(=O)N(c1nc(CCl)cs1)c1ccccc1F. The van der Waals surface area contributed by atoms with Crippen LogP contribution in [0.4, 0.5) is 15.2 Å². The van der Waals surface area contributed by atoms with E-state index in [-0.39, 0.29) is 17.5 Å². The number of aromatic nitrogens is 1. The fourth-order valence-electron chi connectivity index (χ4n) is 1.50. The van der Waals surface area contributed by atoms with Crippen LogP contribution < -0.4 is 4.90 Å². The molecule has 0 spiro atoms. The van der Waals surface area contributed by atoms with Gasteiger partial charge in [-0.25, -0.2) is 9.37 Å². The Morgan fingerprint density at radius 1 is 1.50 bits per heavy atom. The number of carbonyl (C=O) groups excluding carboxylic acids is 1. The van der Waals surface area contributed by atoms with Crippen molar-refractivity contribution in [3.8, 4) is 0 Å². The first kappa shape index (κ1) is 13.0. The first-order chi connectivity index (χ1) is 8.63. The topological polar surface area (TPSA) is 33.2 Å². The summed E-state index contributed by atoms with van der Waals surface area (Å²) >= 11 is 6.93. The summed E-state index contributed by atoms with van der Waals surface area (Å²) in [5.41, 5.74) is 0.861. The molecule has 3 nitrogen and oxygen atoms in total. The number of benzene rings is 1. The van der Waals surface area contributed by atoms with Gasteiger partial charge in [0.1, 0.15) is 5.82 Å². The van der Waals surface area contributed by atoms with Crippen LogP contribution in [0.2, 0.25) is 0 Å². The van der Waals surface area contributed by atoms with Gasteiger partial charge in [0.25, 0.3) is 0 Å². The number of amides is 1. The zero-order valence-corrected chi connectivity index (χ0v) is 11.1. The van der Waals surface area contributed by atoms with Crippen molar-refractivity contribution in [1.82, 2.24) is 4.98 Å². The second-order valence-electron chi connectivity index (χ2n) is 3.56. The van der Waals surface area contributed by atoms with Gasteiger partial charge in [-0.2, -0.15) is 0 Å². The Labute approximate surface area is 113 Å². The Kier molecular flexibility index (Phi) is 3.93. The maximum Gasteiger partial charge on any atom is 0.230 e. The lowest BCUT2D eigenvalue weighted by molar-refractivity contribution is -0.115. The summed E-state index contributed by atoms with van der Waals surface area (Å²) in [5.74, 6) is -0.495. The van der Waals surface area contributed by atoms with Crippen LogP contribution in [0.5, 0.6) is 0 Å². The van der Waals surface area contributed by atoms with Crippen LogP contribution in [0, 0.1) is 5.82 Å². The van der Waals surface area contributed by atoms with Crippen molar-refractivity contribution in [3.63, 3.8) is 0 Å². The Morgan fingerprint density at radius 2 is 2.22 bits per heavy atom. The Morgan fingerprint density at radius 3 is 2.78 bits per heavy atom. The molecule has 1 heterocycles. The lowest BCUT2D eigenvalue weighted by atomic mass is 10.3. The zero-order chi connectivity index (χ0) is 13.1. The first-order valence-corrected chi connectivity index (χ1v) is 6.60. The number of rotatable bonds is 3. The molecule has 2 aromatic rings. The predicted octanol–water partition coefficient (Wildman–Crippen LogP) is 3.71. The van der Waals surface area contributed by atoms with Gasteiger partial charge in [0.15, 0.2) is 5.13 Å². The summed E-state index contributed by atoms with van der Waals surface area (Å²) in [5, 5.41) is 2.17. The molecule has 0 saturated heterocycles. The molecule has 0 aliphatic heterocycles. The van der Waals surface area contributed by atoms with E-state index in [1.54, 1.807) is 23.6 Å². The number of hydrogen-bond acceptors (Lipinski definition) is 3. The monoisotopic (exact) mass is 284 g/mol. The van der Waals surface area contributed by atoms with Crippen LogP contribution in [0.3, 0.4) is 0 Å². The minimum Gasteiger partial charge on any atom is -0.274 e. The van der Waals surface area contributed by atoms with Crippen LogP contribution in [0.1, 0.15) is 12.6 Å². The molecule has 6 heteroatoms. The third-order valence-electron chi connectivity index (χ3n) is 2.28. The van der Waals surface area contributed by atoms with Crippen LogP contribution >= 0.6 is 22.9 Å². The quantitative estimate of drug-likeness (QED) is 0.805. The van der Waals surface area contributed by atoms with E-state index in [1.165, 1.54) is 29.2 Å². The molecule has 1 amide bonds. The van der Waals surface area contributed by atoms with Crippen molar-refractivity contribution >= 4 is 39.7 Å². The number of hydrogen-bond donors (Lipinski definition) is 0. The Bertz CT molecular complexity index is 573. The second-order valence-corrected chi connectivity index (χ2v) is 4.66. The van der Waals surface area contributed by atoms with Crippen molar-refractivity contribution in [2.24, 2.45) is 0 Å². The van der Waals surface area contributed by atoms with Crippen LogP contribution in [0.25, 0.3) is 0 Å². The molecule has 0 fully saturated rings. The van der Waals surface area contributed by atoms with Gasteiger partial charge in [0.05, 0.1) is 17.3 Å². The zero-order valence-electron chi connectivity index (χ0n) is 9.56. The molecule has 0 aliphatic carbocycles. The number of anilines is 2. The van der Waals surface area contributed by atoms with Crippen molar-refractivity contribution in [1.29, 1.82) is 0 Å². The molecular formula is C12H10ClFN2OS. The summed E-state index contributed by atoms with van der Waals surface area (Å²) in [6.45, 7) is 1.37. The highest BCUT2D eigenvalue weighted by molar-refractivity contribution is 7.14. The van der Waals surface area contributed by atoms with E-state index in [2.05, 4.69) is 4.98 Å². The van der Waals surface area contributed by atoms with Crippen molar-refractivity contribution in [2.75, 3.05) is 4.90 Å². The average Bonchev–Trinajstić information content (AvgIpc) is 2.80. The Hall–Kier alpha value is -1.46. The maximum absolute atomic E-state index is 13.7. The molecule has 1 aromatic carbocycles. The number of carbonyl (C=O) groups is 1. The highest BCUT2D eigenvalue weighted by atomic mass is 35.5. The molecule has 0 atom stereocenters. The van der Waals surface area contributed by atoms with Gasteiger partial charge in [0, 0.05) is 12.3 Å². The van der Waals surface area contributed by atoms with Crippen molar-refractivity contribution in [2.45, 2.75) is 12.8 Å². The van der Waals surface area contributed by atoms with E-state index in [0.717, 1.165) is 0 Å². The number of thiazole rings is 1. The lowest BCUT2D eigenvalue weighted by Crippen LogP contribution is -2.23. The molecule has 0 aliphatic rings. The van der Waals surface area contributed by atoms with Gasteiger partial charge in [0.2, 0.25) is 5.91 Å². The summed E-state index contributed by atoms with van der Waals surface area (Å²) in [6.07, 6.45) is 0. The van der Waals surface area contributed by atoms with Crippen molar-refractivity contribution < 1.29 is 9.18 Å². The van der Waals surface area contributed by atoms with Crippen LogP contribution in [0.15, 0.2) is 29.6 Å².